The molecule has 1 nitrogen and oxygen atoms in total. The SMILES string of the molecule is O=CC1=CCC=C(P)CC1. The highest BCUT2D eigenvalue weighted by Crippen LogP contribution is 2.20. The Bertz CT molecular complexity index is 191. The molecule has 0 bridgehead atoms. The zero-order chi connectivity index (χ0) is 7.40. The summed E-state index contributed by atoms with van der Waals surface area (Å²) in [5, 5.41) is 1.31. The zero-order valence-corrected chi connectivity index (χ0v) is 6.99. The minimum atomic E-state index is 0.902. The molecule has 2 heteroatoms. The largest absolute Gasteiger partial charge is 0.298 e. The average molecular weight is 154 g/mol. The van der Waals surface area contributed by atoms with Crippen molar-refractivity contribution in [3.63, 3.8) is 0 Å². The monoisotopic (exact) mass is 154 g/mol. The van der Waals surface area contributed by atoms with Crippen LogP contribution in [0.4, 0.5) is 0 Å². The lowest BCUT2D eigenvalue weighted by molar-refractivity contribution is -0.105. The molecule has 0 spiro atoms. The van der Waals surface area contributed by atoms with Crippen LogP contribution >= 0.6 is 9.24 Å². The van der Waals surface area contributed by atoms with Crippen LogP contribution < -0.4 is 0 Å². The molecule has 1 atom stereocenters. The summed E-state index contributed by atoms with van der Waals surface area (Å²) >= 11 is 0. The van der Waals surface area contributed by atoms with Crippen LogP contribution in [-0.2, 0) is 4.79 Å². The van der Waals surface area contributed by atoms with Gasteiger partial charge in [-0.2, -0.15) is 0 Å². The van der Waals surface area contributed by atoms with Crippen molar-refractivity contribution < 1.29 is 4.79 Å². The van der Waals surface area contributed by atoms with Gasteiger partial charge in [-0.05, 0) is 24.8 Å². The number of allylic oxidation sites excluding steroid dienone is 4. The van der Waals surface area contributed by atoms with Crippen molar-refractivity contribution in [1.82, 2.24) is 0 Å². The van der Waals surface area contributed by atoms with E-state index in [4.69, 9.17) is 0 Å². The number of rotatable bonds is 1. The normalized spacial score (nSPS) is 18.9. The predicted molar refractivity (Wildman–Crippen MR) is 45.8 cm³/mol. The molecule has 0 aliphatic heterocycles. The highest BCUT2D eigenvalue weighted by molar-refractivity contribution is 7.22. The van der Waals surface area contributed by atoms with Gasteiger partial charge in [0.1, 0.15) is 6.29 Å². The molecule has 1 rings (SSSR count). The molecule has 1 unspecified atom stereocenters. The van der Waals surface area contributed by atoms with Crippen LogP contribution in [0.3, 0.4) is 0 Å². The van der Waals surface area contributed by atoms with Gasteiger partial charge in [-0.15, -0.1) is 9.24 Å². The van der Waals surface area contributed by atoms with E-state index in [0.29, 0.717) is 0 Å². The highest BCUT2D eigenvalue weighted by Gasteiger charge is 1.99. The summed E-state index contributed by atoms with van der Waals surface area (Å²) in [4.78, 5) is 10.3. The van der Waals surface area contributed by atoms with Gasteiger partial charge in [-0.25, -0.2) is 0 Å². The summed E-state index contributed by atoms with van der Waals surface area (Å²) in [7, 11) is 2.69. The molecule has 0 amide bonds. The molecule has 0 heterocycles. The van der Waals surface area contributed by atoms with Crippen LogP contribution in [0.15, 0.2) is 23.0 Å². The summed E-state index contributed by atoms with van der Waals surface area (Å²) in [6.07, 6.45) is 7.91. The van der Waals surface area contributed by atoms with E-state index in [2.05, 4.69) is 15.3 Å². The number of carbonyl (C=O) groups excluding carboxylic acids is 1. The Morgan fingerprint density at radius 2 is 2.20 bits per heavy atom. The predicted octanol–water partition coefficient (Wildman–Crippen LogP) is 2.05. The summed E-state index contributed by atoms with van der Waals surface area (Å²) < 4.78 is 0. The quantitative estimate of drug-likeness (QED) is 0.417. The van der Waals surface area contributed by atoms with Crippen molar-refractivity contribution in [3.05, 3.63) is 23.0 Å². The molecule has 1 aliphatic carbocycles. The van der Waals surface area contributed by atoms with Gasteiger partial charge < -0.3 is 0 Å². The summed E-state index contributed by atoms with van der Waals surface area (Å²) in [5.74, 6) is 0. The minimum absolute atomic E-state index is 0.902. The molecule has 0 saturated heterocycles. The topological polar surface area (TPSA) is 17.1 Å². The highest BCUT2D eigenvalue weighted by atomic mass is 31.0. The van der Waals surface area contributed by atoms with Gasteiger partial charge in [0, 0.05) is 0 Å². The van der Waals surface area contributed by atoms with Crippen molar-refractivity contribution >= 4 is 15.5 Å². The maximum Gasteiger partial charge on any atom is 0.145 e. The summed E-state index contributed by atoms with van der Waals surface area (Å²) in [6.45, 7) is 0. The molecule has 54 valence electrons. The first-order valence-electron chi connectivity index (χ1n) is 3.41. The standard InChI is InChI=1S/C8H11OP/c9-6-7-2-1-3-8(10)5-4-7/h2-3,6H,1,4-5,10H2. The van der Waals surface area contributed by atoms with Crippen molar-refractivity contribution in [2.75, 3.05) is 0 Å². The van der Waals surface area contributed by atoms with E-state index in [1.165, 1.54) is 5.31 Å². The van der Waals surface area contributed by atoms with Crippen LogP contribution in [0.5, 0.6) is 0 Å². The van der Waals surface area contributed by atoms with Crippen LogP contribution in [0.2, 0.25) is 0 Å². The first-order valence-corrected chi connectivity index (χ1v) is 3.99. The van der Waals surface area contributed by atoms with Crippen LogP contribution in [0, 0.1) is 0 Å². The average Bonchev–Trinajstić information content (AvgIpc) is 2.14. The van der Waals surface area contributed by atoms with E-state index in [-0.39, 0.29) is 0 Å². The molecule has 0 aromatic carbocycles. The molecular formula is C8H11OP. The van der Waals surface area contributed by atoms with Crippen LogP contribution in [-0.4, -0.2) is 6.29 Å². The first-order chi connectivity index (χ1) is 4.83. The third kappa shape index (κ3) is 2.07. The molecule has 0 fully saturated rings. The van der Waals surface area contributed by atoms with Gasteiger partial charge in [-0.1, -0.05) is 17.5 Å². The number of hydrogen-bond acceptors (Lipinski definition) is 1. The smallest absolute Gasteiger partial charge is 0.145 e. The second-order valence-electron chi connectivity index (χ2n) is 2.41. The fourth-order valence-corrected chi connectivity index (χ4v) is 1.24. The molecular weight excluding hydrogens is 143 g/mol. The summed E-state index contributed by atoms with van der Waals surface area (Å²) in [6, 6.07) is 0. The van der Waals surface area contributed by atoms with Crippen molar-refractivity contribution in [3.8, 4) is 0 Å². The van der Waals surface area contributed by atoms with Gasteiger partial charge in [0.15, 0.2) is 0 Å². The van der Waals surface area contributed by atoms with Gasteiger partial charge in [0.25, 0.3) is 0 Å². The van der Waals surface area contributed by atoms with E-state index >= 15 is 0 Å². The summed E-state index contributed by atoms with van der Waals surface area (Å²) in [5.41, 5.74) is 0.939. The van der Waals surface area contributed by atoms with E-state index < -0.39 is 0 Å². The minimum Gasteiger partial charge on any atom is -0.298 e. The molecule has 0 saturated carbocycles. The van der Waals surface area contributed by atoms with Gasteiger partial charge in [0.2, 0.25) is 0 Å². The van der Waals surface area contributed by atoms with Crippen molar-refractivity contribution in [1.29, 1.82) is 0 Å². The molecule has 10 heavy (non-hydrogen) atoms. The lowest BCUT2D eigenvalue weighted by Crippen LogP contribution is -1.82. The Labute approximate surface area is 63.4 Å². The molecule has 0 aromatic rings. The molecule has 0 N–H and O–H groups in total. The number of hydrogen-bond donors (Lipinski definition) is 0. The van der Waals surface area contributed by atoms with Crippen molar-refractivity contribution in [2.45, 2.75) is 19.3 Å². The van der Waals surface area contributed by atoms with Crippen LogP contribution in [0.1, 0.15) is 19.3 Å². The van der Waals surface area contributed by atoms with Crippen molar-refractivity contribution in [2.24, 2.45) is 0 Å². The Morgan fingerprint density at radius 1 is 1.40 bits per heavy atom. The Kier molecular flexibility index (Phi) is 2.82. The zero-order valence-electron chi connectivity index (χ0n) is 5.84. The van der Waals surface area contributed by atoms with E-state index in [1.807, 2.05) is 6.08 Å². The fourth-order valence-electron chi connectivity index (χ4n) is 0.962. The third-order valence-corrected chi connectivity index (χ3v) is 2.14. The lowest BCUT2D eigenvalue weighted by atomic mass is 10.2. The van der Waals surface area contributed by atoms with E-state index in [9.17, 15) is 4.79 Å². The Morgan fingerprint density at radius 3 is 2.90 bits per heavy atom. The second-order valence-corrected chi connectivity index (χ2v) is 3.15. The molecule has 0 radical (unpaired) electrons. The van der Waals surface area contributed by atoms with Gasteiger partial charge in [-0.3, -0.25) is 4.79 Å². The third-order valence-electron chi connectivity index (χ3n) is 1.61. The number of aldehydes is 1. The lowest BCUT2D eigenvalue weighted by Gasteiger charge is -1.94. The first kappa shape index (κ1) is 7.68. The van der Waals surface area contributed by atoms with E-state index in [0.717, 1.165) is 31.1 Å². The molecule has 1 aliphatic rings. The van der Waals surface area contributed by atoms with Gasteiger partial charge in [0.05, 0.1) is 0 Å². The fraction of sp³-hybridized carbons (Fsp3) is 0.375. The van der Waals surface area contributed by atoms with E-state index in [1.54, 1.807) is 0 Å². The van der Waals surface area contributed by atoms with Gasteiger partial charge >= 0.3 is 0 Å². The maximum absolute atomic E-state index is 10.3. The Hall–Kier alpha value is -0.420. The molecule has 0 aromatic heterocycles. The maximum atomic E-state index is 10.3. The number of carbonyl (C=O) groups is 1. The van der Waals surface area contributed by atoms with Crippen LogP contribution in [0.25, 0.3) is 0 Å². The Balaban J connectivity index is 2.58. The second kappa shape index (κ2) is 3.68.